The first-order valence-corrected chi connectivity index (χ1v) is 7.78. The lowest BCUT2D eigenvalue weighted by atomic mass is 10.2. The van der Waals surface area contributed by atoms with Crippen LogP contribution in [-0.4, -0.2) is 48.3 Å². The third kappa shape index (κ3) is 3.28. The van der Waals surface area contributed by atoms with Crippen molar-refractivity contribution in [2.45, 2.75) is 13.3 Å². The van der Waals surface area contributed by atoms with Gasteiger partial charge in [0.15, 0.2) is 0 Å². The molecule has 22 heavy (non-hydrogen) atoms. The number of aryl methyl sites for hydroxylation is 1. The van der Waals surface area contributed by atoms with E-state index >= 15 is 0 Å². The van der Waals surface area contributed by atoms with Crippen LogP contribution in [0.2, 0.25) is 0 Å². The third-order valence-corrected chi connectivity index (χ3v) is 4.20. The van der Waals surface area contributed by atoms with Gasteiger partial charge in [0, 0.05) is 19.7 Å². The van der Waals surface area contributed by atoms with E-state index in [0.29, 0.717) is 0 Å². The fraction of sp³-hybridized carbons (Fsp3) is 0.500. The van der Waals surface area contributed by atoms with Gasteiger partial charge in [-0.05, 0) is 18.2 Å². The number of hydrogen-bond donors (Lipinski definition) is 2. The molecule has 0 bridgehead atoms. The van der Waals surface area contributed by atoms with Crippen LogP contribution < -0.4 is 10.2 Å². The Morgan fingerprint density at radius 1 is 1.41 bits per heavy atom. The number of fused-ring (bicyclic) bond motifs is 1. The van der Waals surface area contributed by atoms with E-state index in [1.807, 2.05) is 18.2 Å². The van der Waals surface area contributed by atoms with E-state index in [4.69, 9.17) is 9.72 Å². The Hall–Kier alpha value is -1.92. The molecule has 1 aromatic heterocycles. The molecule has 3 rings (SSSR count). The van der Waals surface area contributed by atoms with Crippen LogP contribution in [0.4, 0.5) is 5.69 Å². The first-order valence-electron chi connectivity index (χ1n) is 7.78. The number of aromatic nitrogens is 2. The van der Waals surface area contributed by atoms with Gasteiger partial charge in [-0.3, -0.25) is 4.79 Å². The molecule has 2 heterocycles. The normalized spacial score (nSPS) is 16.1. The largest absolute Gasteiger partial charge is 0.370 e. The molecule has 1 aliphatic heterocycles. The fourth-order valence-corrected chi connectivity index (χ4v) is 2.95. The van der Waals surface area contributed by atoms with Crippen molar-refractivity contribution in [3.63, 3.8) is 0 Å². The van der Waals surface area contributed by atoms with E-state index in [0.717, 1.165) is 61.8 Å². The van der Waals surface area contributed by atoms with Crippen LogP contribution in [-0.2, 0) is 23.0 Å². The monoisotopic (exact) mass is 303 g/mol. The summed E-state index contributed by atoms with van der Waals surface area (Å²) in [5, 5.41) is 2.80. The first kappa shape index (κ1) is 15.0. The number of nitrogens with one attached hydrogen (secondary N) is 2. The van der Waals surface area contributed by atoms with Gasteiger partial charge in [-0.25, -0.2) is 4.98 Å². The second-order valence-corrected chi connectivity index (χ2v) is 5.83. The van der Waals surface area contributed by atoms with Crippen molar-refractivity contribution < 1.29 is 14.4 Å². The topological polar surface area (TPSA) is 60.6 Å². The Kier molecular flexibility index (Phi) is 4.40. The van der Waals surface area contributed by atoms with Gasteiger partial charge in [0.1, 0.15) is 18.9 Å². The average Bonchev–Trinajstić information content (AvgIpc) is 2.81. The Morgan fingerprint density at radius 3 is 2.91 bits per heavy atom. The van der Waals surface area contributed by atoms with Gasteiger partial charge in [-0.2, -0.15) is 0 Å². The van der Waals surface area contributed by atoms with E-state index < -0.39 is 0 Å². The molecule has 0 unspecified atom stereocenters. The molecule has 1 amide bonds. The summed E-state index contributed by atoms with van der Waals surface area (Å²) in [6.45, 7) is 6.47. The maximum absolute atomic E-state index is 11.1. The van der Waals surface area contributed by atoms with Crippen molar-refractivity contribution in [3.05, 3.63) is 24.0 Å². The van der Waals surface area contributed by atoms with Gasteiger partial charge in [-0.1, -0.05) is 0 Å². The Morgan fingerprint density at radius 2 is 2.18 bits per heavy atom. The Labute approximate surface area is 130 Å². The zero-order chi connectivity index (χ0) is 15.5. The number of hydrogen-bond acceptors (Lipinski definition) is 3. The summed E-state index contributed by atoms with van der Waals surface area (Å²) in [6, 6.07) is 5.86. The zero-order valence-electron chi connectivity index (χ0n) is 13.2. The van der Waals surface area contributed by atoms with Gasteiger partial charge in [0.25, 0.3) is 0 Å². The molecule has 1 aromatic carbocycles. The van der Waals surface area contributed by atoms with E-state index in [1.165, 1.54) is 6.92 Å². The lowest BCUT2D eigenvalue weighted by Gasteiger charge is -2.23. The molecule has 6 nitrogen and oxygen atoms in total. The molecule has 1 fully saturated rings. The van der Waals surface area contributed by atoms with E-state index in [1.54, 1.807) is 4.90 Å². The number of amides is 1. The summed E-state index contributed by atoms with van der Waals surface area (Å²) in [4.78, 5) is 17.5. The smallest absolute Gasteiger partial charge is 0.221 e. The maximum Gasteiger partial charge on any atom is 0.221 e. The second-order valence-electron chi connectivity index (χ2n) is 5.83. The van der Waals surface area contributed by atoms with E-state index in [2.05, 4.69) is 16.9 Å². The summed E-state index contributed by atoms with van der Waals surface area (Å²) < 4.78 is 7.54. The summed E-state index contributed by atoms with van der Waals surface area (Å²) in [6.07, 6.45) is 0.954. The number of nitrogens with zero attached hydrogens (tertiary/aromatic N) is 2. The number of carbonyl (C=O) groups excluding carboxylic acids is 1. The molecule has 118 valence electrons. The van der Waals surface area contributed by atoms with Gasteiger partial charge in [-0.15, -0.1) is 0 Å². The molecule has 1 saturated heterocycles. The fourth-order valence-electron chi connectivity index (χ4n) is 2.95. The zero-order valence-corrected chi connectivity index (χ0v) is 13.2. The molecular formula is C16H23N4O2+. The summed E-state index contributed by atoms with van der Waals surface area (Å²) in [5.74, 6) is 1.03. The molecule has 0 saturated carbocycles. The number of quaternary nitrogens is 1. The Balaban J connectivity index is 1.75. The minimum absolute atomic E-state index is 0.0635. The highest BCUT2D eigenvalue weighted by Gasteiger charge is 2.16. The second kappa shape index (κ2) is 6.46. The summed E-state index contributed by atoms with van der Waals surface area (Å²) in [7, 11) is 2.05. The number of carbonyl (C=O) groups is 1. The molecular weight excluding hydrogens is 280 g/mol. The van der Waals surface area contributed by atoms with Crippen molar-refractivity contribution in [2.24, 2.45) is 7.05 Å². The highest BCUT2D eigenvalue weighted by Crippen LogP contribution is 2.19. The van der Waals surface area contributed by atoms with Crippen molar-refractivity contribution in [3.8, 4) is 0 Å². The predicted octanol–water partition coefficient (Wildman–Crippen LogP) is -0.0107. The predicted molar refractivity (Wildman–Crippen MR) is 85.1 cm³/mol. The number of imidazole rings is 1. The highest BCUT2D eigenvalue weighted by atomic mass is 16.5. The van der Waals surface area contributed by atoms with Crippen LogP contribution in [0, 0.1) is 0 Å². The number of ether oxygens (including phenoxy) is 1. The molecule has 0 radical (unpaired) electrons. The van der Waals surface area contributed by atoms with Crippen molar-refractivity contribution in [2.75, 3.05) is 38.2 Å². The average molecular weight is 303 g/mol. The lowest BCUT2D eigenvalue weighted by molar-refractivity contribution is -0.907. The van der Waals surface area contributed by atoms with Crippen molar-refractivity contribution in [1.29, 1.82) is 0 Å². The Bertz CT molecular complexity index is 674. The number of morpholine rings is 1. The van der Waals surface area contributed by atoms with E-state index in [-0.39, 0.29) is 5.91 Å². The minimum atomic E-state index is -0.0635. The molecule has 0 atom stereocenters. The SMILES string of the molecule is CC(=O)Nc1ccc2c(c1)nc(CC[NH+]1CCOCC1)n2C. The van der Waals surface area contributed by atoms with Crippen LogP contribution in [0.1, 0.15) is 12.7 Å². The molecule has 1 aliphatic rings. The number of rotatable bonds is 4. The number of benzene rings is 1. The molecule has 2 aromatic rings. The van der Waals surface area contributed by atoms with Crippen LogP contribution in [0.5, 0.6) is 0 Å². The summed E-state index contributed by atoms with van der Waals surface area (Å²) >= 11 is 0. The van der Waals surface area contributed by atoms with Crippen molar-refractivity contribution >= 4 is 22.6 Å². The standard InChI is InChI=1S/C16H22N4O2/c1-12(21)17-13-3-4-15-14(11-13)18-16(19(15)2)5-6-20-7-9-22-10-8-20/h3-4,11H,5-10H2,1-2H3,(H,17,21)/p+1. The molecule has 0 spiro atoms. The van der Waals surface area contributed by atoms with E-state index in [9.17, 15) is 4.79 Å². The summed E-state index contributed by atoms with van der Waals surface area (Å²) in [5.41, 5.74) is 2.82. The first-order chi connectivity index (χ1) is 10.6. The highest BCUT2D eigenvalue weighted by molar-refractivity contribution is 5.91. The van der Waals surface area contributed by atoms with Gasteiger partial charge < -0.3 is 19.5 Å². The molecule has 2 N–H and O–H groups in total. The van der Waals surface area contributed by atoms with Crippen LogP contribution in [0.3, 0.4) is 0 Å². The van der Waals surface area contributed by atoms with Crippen molar-refractivity contribution in [1.82, 2.24) is 9.55 Å². The lowest BCUT2D eigenvalue weighted by Crippen LogP contribution is -3.14. The van der Waals surface area contributed by atoms with Gasteiger partial charge in [0.2, 0.25) is 5.91 Å². The quantitative estimate of drug-likeness (QED) is 0.835. The maximum atomic E-state index is 11.1. The minimum Gasteiger partial charge on any atom is -0.370 e. The van der Waals surface area contributed by atoms with Crippen LogP contribution in [0.25, 0.3) is 11.0 Å². The van der Waals surface area contributed by atoms with Gasteiger partial charge >= 0.3 is 0 Å². The van der Waals surface area contributed by atoms with Gasteiger partial charge in [0.05, 0.1) is 37.2 Å². The molecule has 6 heteroatoms. The van der Waals surface area contributed by atoms with Crippen LogP contribution in [0.15, 0.2) is 18.2 Å². The number of anilines is 1. The van der Waals surface area contributed by atoms with Crippen LogP contribution >= 0.6 is 0 Å². The molecule has 0 aliphatic carbocycles. The third-order valence-electron chi connectivity index (χ3n) is 4.20.